The van der Waals surface area contributed by atoms with Gasteiger partial charge in [-0.05, 0) is 0 Å². The first-order valence-electron chi connectivity index (χ1n) is 0. The van der Waals surface area contributed by atoms with E-state index in [0.717, 1.165) is 0 Å². The van der Waals surface area contributed by atoms with Gasteiger partial charge in [-0.25, -0.2) is 0 Å². The van der Waals surface area contributed by atoms with Gasteiger partial charge in [0.05, 0.1) is 0 Å². The quantitative estimate of drug-likeness (QED) is 0.227. The van der Waals surface area contributed by atoms with Crippen LogP contribution in [0.15, 0.2) is 0 Å². The summed E-state index contributed by atoms with van der Waals surface area (Å²) in [6.07, 6.45) is 0. The van der Waals surface area contributed by atoms with E-state index >= 15 is 0 Å². The highest BCUT2D eigenvalue weighted by atomic mass is 35.5. The normalized spacial score (nSPS) is 0. The minimum atomic E-state index is 0. The molecule has 0 aliphatic carbocycles. The molecule has 0 nitrogen and oxygen atoms in total. The van der Waals surface area contributed by atoms with E-state index < -0.39 is 0 Å². The molecule has 0 saturated carbocycles. The van der Waals surface area contributed by atoms with Gasteiger partial charge in [-0.15, -0.1) is 521 Å². The molecule has 0 unspecified atom stereocenters. The van der Waals surface area contributed by atoms with E-state index in [0.29, 0.717) is 0 Å². The van der Waals surface area contributed by atoms with Crippen molar-refractivity contribution in [2.75, 3.05) is 0 Å². The van der Waals surface area contributed by atoms with Crippen LogP contribution in [-0.2, 0) is 0 Å². The summed E-state index contributed by atoms with van der Waals surface area (Å²) in [4.78, 5) is 0. The fraction of sp³-hybridized carbons (Fsp3) is 0. The molecule has 0 spiro atoms. The maximum Gasteiger partial charge on any atom is -0.147 e. The summed E-state index contributed by atoms with van der Waals surface area (Å²) in [5, 5.41) is 0. The predicted molar refractivity (Wildman–Crippen MR) is 304 cm³/mol. The fourth-order valence-electron chi connectivity index (χ4n) is 0. The first-order valence-corrected chi connectivity index (χ1v) is 0. The van der Waals surface area contributed by atoms with Crippen molar-refractivity contribution in [2.45, 2.75) is 0 Å². The molecule has 0 rings (SSSR count). The Hall–Kier alpha value is 12.2. The second-order valence-electron chi connectivity index (χ2n) is 0. The highest BCUT2D eigenvalue weighted by Gasteiger charge is -0.106. The van der Waals surface area contributed by atoms with Gasteiger partial charge in [0, 0.05) is 0 Å². The van der Waals surface area contributed by atoms with Crippen LogP contribution in [0.2, 0.25) is 0 Å². The second kappa shape index (κ2) is 976. The average molecular weight is 1530 g/mol. The molecule has 0 N–H and O–H groups in total. The van der Waals surface area contributed by atoms with Crippen LogP contribution in [0.25, 0.3) is 0 Å². The zero-order chi connectivity index (χ0) is 0. The molecule has 0 aliphatic heterocycles. The van der Waals surface area contributed by atoms with Crippen molar-refractivity contribution in [3.63, 3.8) is 0 Å². The third-order valence-electron chi connectivity index (χ3n) is 0. The van der Waals surface area contributed by atoms with E-state index in [4.69, 9.17) is 0 Å². The monoisotopic (exact) mass is 1510 g/mol. The Morgan fingerprint density at radius 2 is 0.0238 bits per heavy atom. The van der Waals surface area contributed by atoms with E-state index in [1.165, 1.54) is 0 Å². The third kappa shape index (κ3) is 921. The predicted octanol–water partition coefficient (Wildman–Crippen LogP) is 17.7. The van der Waals surface area contributed by atoms with E-state index in [2.05, 4.69) is 0 Å². The van der Waals surface area contributed by atoms with Crippen molar-refractivity contribution >= 4 is 521 Å². The van der Waals surface area contributed by atoms with Gasteiger partial charge in [-0.1, -0.05) is 0 Å². The van der Waals surface area contributed by atoms with E-state index in [1.54, 1.807) is 0 Å². The van der Waals surface area contributed by atoms with Crippen LogP contribution in [0.1, 0.15) is 0 Å². The maximum absolute atomic E-state index is 0. The largest absolute Gasteiger partial charge is 0.147 e. The fourth-order valence-corrected chi connectivity index (χ4v) is 0. The molecule has 0 aromatic carbocycles. The van der Waals surface area contributed by atoms with Crippen LogP contribution >= 0.6 is 521 Å². The lowest BCUT2D eigenvalue weighted by molar-refractivity contribution is 5.85. The minimum absolute atomic E-state index is 0. The molecule has 0 aliphatic rings. The van der Waals surface area contributed by atoms with Crippen molar-refractivity contribution in [2.24, 2.45) is 0 Å². The van der Waals surface area contributed by atoms with Crippen molar-refractivity contribution in [3.8, 4) is 0 Å². The lowest BCUT2D eigenvalue weighted by Crippen LogP contribution is 0.688. The van der Waals surface area contributed by atoms with E-state index in [1.807, 2.05) is 0 Å². The second-order valence-corrected chi connectivity index (χ2v) is 0. The molecule has 0 amide bonds. The summed E-state index contributed by atoms with van der Waals surface area (Å²) < 4.78 is 0. The Kier molecular flexibility index (Phi) is 24000. The molecule has 42 heavy (non-hydrogen) atoms. The Labute approximate surface area is 512 Å². The average Bonchev–Trinajstić information content (AvgIpc) is 0. The van der Waals surface area contributed by atoms with Gasteiger partial charge in [-0.3, -0.25) is 0 Å². The molecule has 336 valence electrons. The Bertz CT molecular complexity index is 0. The number of rotatable bonds is 0. The molecule has 42 heteroatoms. The molecule has 0 atom stereocenters. The van der Waals surface area contributed by atoms with E-state index in [-0.39, 0.29) is 521 Å². The van der Waals surface area contributed by atoms with Crippen LogP contribution < -0.4 is 0 Å². The first kappa shape index (κ1) is 1030. The lowest BCUT2D eigenvalue weighted by atomic mass is 35.5. The summed E-state index contributed by atoms with van der Waals surface area (Å²) in [6, 6.07) is 0. The van der Waals surface area contributed by atoms with Gasteiger partial charge in [0.25, 0.3) is 0 Å². The molecular formula is H42Cl42. The molecule has 0 aromatic heterocycles. The molecule has 0 saturated heterocycles. The highest BCUT2D eigenvalue weighted by Crippen LogP contribution is 0.731. The van der Waals surface area contributed by atoms with Crippen LogP contribution in [0, 0.1) is 0 Å². The molecule has 0 fully saturated rings. The summed E-state index contributed by atoms with van der Waals surface area (Å²) in [5.74, 6) is 0. The summed E-state index contributed by atoms with van der Waals surface area (Å²) in [6.45, 7) is 0. The lowest BCUT2D eigenvalue weighted by Gasteiger charge is -0.148. The van der Waals surface area contributed by atoms with Crippen molar-refractivity contribution in [3.05, 3.63) is 0 Å². The number of hydrogen-bond acceptors (Lipinski definition) is 0. The van der Waals surface area contributed by atoms with Gasteiger partial charge in [-0.2, -0.15) is 0 Å². The Morgan fingerprint density at radius 1 is 0.0238 bits per heavy atom. The SMILES string of the molecule is Cl.Cl.Cl.Cl.Cl.Cl.Cl.Cl.Cl.Cl.Cl.Cl.Cl.Cl.Cl.Cl.Cl.Cl.Cl.Cl.Cl.Cl.Cl.Cl.Cl.Cl.Cl.Cl.Cl.Cl.Cl.Cl.Cl.Cl.Cl.Cl.Cl.Cl.Cl.Cl.Cl.Cl. The van der Waals surface area contributed by atoms with Crippen LogP contribution in [0.5, 0.6) is 0 Å². The third-order valence-corrected chi connectivity index (χ3v) is 0. The Morgan fingerprint density at radius 3 is 0.0238 bits per heavy atom. The zero-order valence-corrected chi connectivity index (χ0v) is 51.4. The summed E-state index contributed by atoms with van der Waals surface area (Å²) in [7, 11) is 0. The van der Waals surface area contributed by atoms with Crippen molar-refractivity contribution in [1.82, 2.24) is 0 Å². The van der Waals surface area contributed by atoms with Gasteiger partial charge in [0.2, 0.25) is 0 Å². The maximum atomic E-state index is 0. The topological polar surface area (TPSA) is 0 Å². The summed E-state index contributed by atoms with van der Waals surface area (Å²) >= 11 is 0. The molecular weight excluding hydrogens is 1490 g/mol. The van der Waals surface area contributed by atoms with Crippen LogP contribution in [-0.4, -0.2) is 0 Å². The van der Waals surface area contributed by atoms with Gasteiger partial charge in [0.1, 0.15) is 0 Å². The molecule has 0 radical (unpaired) electrons. The van der Waals surface area contributed by atoms with Crippen molar-refractivity contribution in [1.29, 1.82) is 0 Å². The van der Waals surface area contributed by atoms with Crippen LogP contribution in [0.3, 0.4) is 0 Å². The summed E-state index contributed by atoms with van der Waals surface area (Å²) in [5.41, 5.74) is 0. The standard InChI is InChI=1S/42ClH/h42*1H. The highest BCUT2D eigenvalue weighted by molar-refractivity contribution is 5.89. The van der Waals surface area contributed by atoms with Crippen LogP contribution in [0.4, 0.5) is 0 Å². The first-order chi connectivity index (χ1) is 0. The Balaban J connectivity index is 0. The van der Waals surface area contributed by atoms with E-state index in [9.17, 15) is 0 Å². The van der Waals surface area contributed by atoms with Gasteiger partial charge < -0.3 is 0 Å². The zero-order valence-electron chi connectivity index (χ0n) is 17.1. The smallest absolute Gasteiger partial charge is 0.147 e. The molecule has 0 heterocycles. The van der Waals surface area contributed by atoms with Gasteiger partial charge in [0.15, 0.2) is 0 Å². The molecule has 0 bridgehead atoms. The van der Waals surface area contributed by atoms with Gasteiger partial charge >= 0.3 is 0 Å². The number of halogens is 42. The minimum Gasteiger partial charge on any atom is -0.147 e. The number of hydrogen-bond donors (Lipinski definition) is 0. The molecule has 0 aromatic rings. The van der Waals surface area contributed by atoms with Crippen molar-refractivity contribution < 1.29 is 0 Å².